The quantitative estimate of drug-likeness (QED) is 0.345. The van der Waals surface area contributed by atoms with Crippen molar-refractivity contribution in [3.63, 3.8) is 0 Å². The van der Waals surface area contributed by atoms with Crippen molar-refractivity contribution in [2.75, 3.05) is 6.61 Å². The molecule has 0 aliphatic rings. The second kappa shape index (κ2) is 5.82. The number of rotatable bonds is 5. The summed E-state index contributed by atoms with van der Waals surface area (Å²) in [7, 11) is 0. The summed E-state index contributed by atoms with van der Waals surface area (Å²) in [6.45, 7) is -0.0997. The predicted molar refractivity (Wildman–Crippen MR) is 59.0 cm³/mol. The Morgan fingerprint density at radius 1 is 1.65 bits per heavy atom. The Labute approximate surface area is 102 Å². The Balaban J connectivity index is 2.90. The van der Waals surface area contributed by atoms with Gasteiger partial charge in [-0.15, -0.1) is 11.6 Å². The van der Waals surface area contributed by atoms with Crippen LogP contribution in [0.25, 0.3) is 0 Å². The number of hydrogen-bond donors (Lipinski definition) is 0. The summed E-state index contributed by atoms with van der Waals surface area (Å²) in [5, 5.41) is 18.5. The summed E-state index contributed by atoms with van der Waals surface area (Å²) >= 11 is 5.51. The number of nitrogens with zero attached hydrogens (tertiary/aromatic N) is 2. The standard InChI is InChI=1S/C10H7ClN2O4/c11-8(5-14)6-17-10-2-1-9(13(15)16)3-7(10)4-12/h1-3,5,8H,6H2. The maximum absolute atomic E-state index is 10.5. The van der Waals surface area contributed by atoms with Crippen LogP contribution in [-0.4, -0.2) is 23.2 Å². The molecule has 17 heavy (non-hydrogen) atoms. The van der Waals surface area contributed by atoms with Gasteiger partial charge < -0.3 is 9.53 Å². The van der Waals surface area contributed by atoms with E-state index in [1.807, 2.05) is 0 Å². The summed E-state index contributed by atoms with van der Waals surface area (Å²) in [5.74, 6) is 0.158. The summed E-state index contributed by atoms with van der Waals surface area (Å²) in [5.41, 5.74) is -0.180. The Morgan fingerprint density at radius 2 is 2.35 bits per heavy atom. The van der Waals surface area contributed by atoms with E-state index in [9.17, 15) is 14.9 Å². The van der Waals surface area contributed by atoms with E-state index in [0.717, 1.165) is 6.07 Å². The van der Waals surface area contributed by atoms with E-state index in [0.29, 0.717) is 6.29 Å². The van der Waals surface area contributed by atoms with Crippen molar-refractivity contribution in [3.8, 4) is 11.8 Å². The summed E-state index contributed by atoms with van der Waals surface area (Å²) in [6.07, 6.45) is 0.499. The zero-order valence-electron chi connectivity index (χ0n) is 8.50. The number of hydrogen-bond acceptors (Lipinski definition) is 5. The highest BCUT2D eigenvalue weighted by Crippen LogP contribution is 2.23. The molecular formula is C10H7ClN2O4. The van der Waals surface area contributed by atoms with Crippen molar-refractivity contribution in [2.24, 2.45) is 0 Å². The van der Waals surface area contributed by atoms with Gasteiger partial charge in [0.1, 0.15) is 35.7 Å². The van der Waals surface area contributed by atoms with E-state index in [4.69, 9.17) is 21.6 Å². The smallest absolute Gasteiger partial charge is 0.271 e. The molecule has 0 spiro atoms. The highest BCUT2D eigenvalue weighted by atomic mass is 35.5. The van der Waals surface area contributed by atoms with Crippen LogP contribution in [0.5, 0.6) is 5.75 Å². The lowest BCUT2D eigenvalue weighted by molar-refractivity contribution is -0.384. The molecule has 1 unspecified atom stereocenters. The van der Waals surface area contributed by atoms with E-state index in [1.54, 1.807) is 6.07 Å². The van der Waals surface area contributed by atoms with Crippen LogP contribution in [0.3, 0.4) is 0 Å². The molecule has 0 aromatic heterocycles. The van der Waals surface area contributed by atoms with E-state index < -0.39 is 10.3 Å². The molecule has 7 heteroatoms. The molecule has 0 fully saturated rings. The summed E-state index contributed by atoms with van der Waals surface area (Å²) in [4.78, 5) is 20.1. The van der Waals surface area contributed by atoms with Crippen molar-refractivity contribution >= 4 is 23.6 Å². The number of ether oxygens (including phenoxy) is 1. The first-order valence-electron chi connectivity index (χ1n) is 4.49. The number of benzene rings is 1. The normalized spacial score (nSPS) is 11.3. The van der Waals surface area contributed by atoms with Gasteiger partial charge in [0.15, 0.2) is 0 Å². The van der Waals surface area contributed by atoms with Crippen LogP contribution < -0.4 is 4.74 Å². The Kier molecular flexibility index (Phi) is 4.43. The number of alkyl halides is 1. The maximum atomic E-state index is 10.5. The van der Waals surface area contributed by atoms with Crippen LogP contribution in [0, 0.1) is 21.4 Å². The van der Waals surface area contributed by atoms with Gasteiger partial charge in [0.25, 0.3) is 5.69 Å². The van der Waals surface area contributed by atoms with Crippen molar-refractivity contribution in [3.05, 3.63) is 33.9 Å². The Hall–Kier alpha value is -2.13. The van der Waals surface area contributed by atoms with Crippen molar-refractivity contribution in [1.82, 2.24) is 0 Å². The summed E-state index contributed by atoms with van der Waals surface area (Å²) < 4.78 is 5.11. The highest BCUT2D eigenvalue weighted by Gasteiger charge is 2.12. The van der Waals surface area contributed by atoms with Gasteiger partial charge in [-0.3, -0.25) is 10.1 Å². The molecule has 0 saturated carbocycles. The van der Waals surface area contributed by atoms with Gasteiger partial charge in [0, 0.05) is 12.1 Å². The van der Waals surface area contributed by atoms with Crippen LogP contribution in [-0.2, 0) is 4.79 Å². The van der Waals surface area contributed by atoms with Gasteiger partial charge in [-0.1, -0.05) is 0 Å². The van der Waals surface area contributed by atoms with Gasteiger partial charge in [-0.2, -0.15) is 5.26 Å². The zero-order chi connectivity index (χ0) is 12.8. The van der Waals surface area contributed by atoms with E-state index in [2.05, 4.69) is 0 Å². The molecule has 1 aromatic rings. The van der Waals surface area contributed by atoms with Crippen LogP contribution in [0.4, 0.5) is 5.69 Å². The van der Waals surface area contributed by atoms with E-state index >= 15 is 0 Å². The maximum Gasteiger partial charge on any atom is 0.271 e. The number of nitriles is 1. The molecule has 0 N–H and O–H groups in total. The molecule has 0 aliphatic carbocycles. The molecule has 0 bridgehead atoms. The highest BCUT2D eigenvalue weighted by molar-refractivity contribution is 6.27. The fourth-order valence-corrected chi connectivity index (χ4v) is 1.12. The lowest BCUT2D eigenvalue weighted by Crippen LogP contribution is -2.13. The van der Waals surface area contributed by atoms with Crippen molar-refractivity contribution in [1.29, 1.82) is 5.26 Å². The average molecular weight is 255 g/mol. The molecular weight excluding hydrogens is 248 g/mol. The lowest BCUT2D eigenvalue weighted by Gasteiger charge is -2.07. The monoisotopic (exact) mass is 254 g/mol. The molecule has 1 rings (SSSR count). The average Bonchev–Trinajstić information content (AvgIpc) is 2.35. The molecule has 0 heterocycles. The number of halogens is 1. The molecule has 6 nitrogen and oxygen atoms in total. The second-order valence-electron chi connectivity index (χ2n) is 3.01. The first-order chi connectivity index (χ1) is 8.08. The molecule has 0 radical (unpaired) electrons. The van der Waals surface area contributed by atoms with E-state index in [-0.39, 0.29) is 23.6 Å². The van der Waals surface area contributed by atoms with Crippen LogP contribution in [0.15, 0.2) is 18.2 Å². The molecule has 1 aromatic carbocycles. The first kappa shape index (κ1) is 12.9. The second-order valence-corrected chi connectivity index (χ2v) is 3.57. The molecule has 0 aliphatic heterocycles. The Morgan fingerprint density at radius 3 is 2.88 bits per heavy atom. The minimum Gasteiger partial charge on any atom is -0.490 e. The van der Waals surface area contributed by atoms with Crippen LogP contribution in [0.2, 0.25) is 0 Å². The zero-order valence-corrected chi connectivity index (χ0v) is 9.26. The van der Waals surface area contributed by atoms with Gasteiger partial charge in [0.2, 0.25) is 0 Å². The van der Waals surface area contributed by atoms with Crippen molar-refractivity contribution in [2.45, 2.75) is 5.38 Å². The lowest BCUT2D eigenvalue weighted by atomic mass is 10.2. The third-order valence-corrected chi connectivity index (χ3v) is 2.07. The number of carbonyl (C=O) groups is 1. The van der Waals surface area contributed by atoms with Crippen molar-refractivity contribution < 1.29 is 14.5 Å². The number of aldehydes is 1. The fourth-order valence-electron chi connectivity index (χ4n) is 1.05. The van der Waals surface area contributed by atoms with Crippen LogP contribution in [0.1, 0.15) is 5.56 Å². The fraction of sp³-hybridized carbons (Fsp3) is 0.200. The van der Waals surface area contributed by atoms with Gasteiger partial charge in [0.05, 0.1) is 4.92 Å². The first-order valence-corrected chi connectivity index (χ1v) is 4.93. The number of nitro groups is 1. The molecule has 1 atom stereocenters. The third-order valence-electron chi connectivity index (χ3n) is 1.84. The van der Waals surface area contributed by atoms with Gasteiger partial charge in [-0.25, -0.2) is 0 Å². The van der Waals surface area contributed by atoms with Gasteiger partial charge in [-0.05, 0) is 6.07 Å². The van der Waals surface area contributed by atoms with E-state index in [1.165, 1.54) is 12.1 Å². The third kappa shape index (κ3) is 3.43. The number of non-ortho nitro benzene ring substituents is 1. The number of nitro benzene ring substituents is 1. The van der Waals surface area contributed by atoms with Gasteiger partial charge >= 0.3 is 0 Å². The topological polar surface area (TPSA) is 93.2 Å². The van der Waals surface area contributed by atoms with Crippen LogP contribution >= 0.6 is 11.6 Å². The largest absolute Gasteiger partial charge is 0.490 e. The SMILES string of the molecule is N#Cc1cc([N+](=O)[O-])ccc1OCC(Cl)C=O. The minimum absolute atomic E-state index is 0.0222. The summed E-state index contributed by atoms with van der Waals surface area (Å²) in [6, 6.07) is 5.37. The molecule has 0 saturated heterocycles. The minimum atomic E-state index is -0.822. The predicted octanol–water partition coefficient (Wildman–Crippen LogP) is 1.65. The Bertz CT molecular complexity index is 484. The number of carbonyl (C=O) groups excluding carboxylic acids is 1. The molecule has 88 valence electrons. The molecule has 0 amide bonds.